The van der Waals surface area contributed by atoms with E-state index in [4.69, 9.17) is 0 Å². The highest BCUT2D eigenvalue weighted by molar-refractivity contribution is 6.04. The molecule has 0 fully saturated rings. The predicted octanol–water partition coefficient (Wildman–Crippen LogP) is 15.8. The Hall–Kier alpha value is -7.48. The first-order valence-electron chi connectivity index (χ1n) is 19.6. The van der Waals surface area contributed by atoms with Crippen LogP contribution < -0.4 is 4.90 Å². The van der Waals surface area contributed by atoms with E-state index < -0.39 is 0 Å². The second-order valence-corrected chi connectivity index (χ2v) is 14.5. The number of rotatable bonds is 8. The summed E-state index contributed by atoms with van der Waals surface area (Å²) in [4.78, 5) is 2.47. The molecule has 0 aliphatic rings. The number of fused-ring (bicyclic) bond motifs is 2. The number of para-hydroxylation sites is 1. The lowest BCUT2D eigenvalue weighted by molar-refractivity contribution is 1.30. The molecule has 0 unspecified atom stereocenters. The van der Waals surface area contributed by atoms with Gasteiger partial charge in [-0.3, -0.25) is 0 Å². The molecule has 0 heterocycles. The molecule has 10 aromatic carbocycles. The Morgan fingerprint density at radius 3 is 1.53 bits per heavy atom. The molecular weight excluding hydrogens is 687 g/mol. The molecule has 0 N–H and O–H groups in total. The summed E-state index contributed by atoms with van der Waals surface area (Å²) >= 11 is 0. The molecule has 0 radical (unpaired) electrons. The van der Waals surface area contributed by atoms with Crippen molar-refractivity contribution in [1.82, 2.24) is 0 Å². The molecule has 0 aliphatic heterocycles. The summed E-state index contributed by atoms with van der Waals surface area (Å²) in [6.07, 6.45) is 0. The van der Waals surface area contributed by atoms with E-state index in [-0.39, 0.29) is 0 Å². The highest BCUT2D eigenvalue weighted by atomic mass is 15.1. The number of nitrogens with zero attached hydrogens (tertiary/aromatic N) is 1. The largest absolute Gasteiger partial charge is 0.309 e. The molecule has 0 atom stereocenters. The quantitative estimate of drug-likeness (QED) is 0.151. The van der Waals surface area contributed by atoms with Crippen LogP contribution in [0.25, 0.3) is 77.2 Å². The maximum atomic E-state index is 2.47. The summed E-state index contributed by atoms with van der Waals surface area (Å²) in [5, 5.41) is 4.87. The first-order chi connectivity index (χ1) is 28.3. The summed E-state index contributed by atoms with van der Waals surface area (Å²) in [5.41, 5.74) is 15.2. The number of hydrogen-bond acceptors (Lipinski definition) is 1. The maximum Gasteiger partial charge on any atom is 0.0540 e. The van der Waals surface area contributed by atoms with Gasteiger partial charge in [0.05, 0.1) is 11.4 Å². The van der Waals surface area contributed by atoms with Crippen LogP contribution in [0.2, 0.25) is 0 Å². The van der Waals surface area contributed by atoms with Crippen LogP contribution in [-0.4, -0.2) is 0 Å². The molecule has 0 spiro atoms. The smallest absolute Gasteiger partial charge is 0.0540 e. The van der Waals surface area contributed by atoms with E-state index >= 15 is 0 Å². The van der Waals surface area contributed by atoms with Crippen LogP contribution in [0, 0.1) is 0 Å². The molecule has 10 aromatic rings. The van der Waals surface area contributed by atoms with Crippen molar-refractivity contribution >= 4 is 38.6 Å². The Morgan fingerprint density at radius 1 is 0.228 bits per heavy atom. The van der Waals surface area contributed by atoms with Gasteiger partial charge in [-0.2, -0.15) is 0 Å². The maximum absolute atomic E-state index is 2.47. The molecular formula is C56H39N. The molecule has 0 saturated carbocycles. The molecule has 0 amide bonds. The third-order valence-corrected chi connectivity index (χ3v) is 11.1. The lowest BCUT2D eigenvalue weighted by atomic mass is 9.86. The minimum Gasteiger partial charge on any atom is -0.309 e. The third-order valence-electron chi connectivity index (χ3n) is 11.1. The van der Waals surface area contributed by atoms with Crippen molar-refractivity contribution in [3.05, 3.63) is 237 Å². The monoisotopic (exact) mass is 725 g/mol. The van der Waals surface area contributed by atoms with Crippen LogP contribution in [0.3, 0.4) is 0 Å². The summed E-state index contributed by atoms with van der Waals surface area (Å²) in [5.74, 6) is 0. The molecule has 0 bridgehead atoms. The van der Waals surface area contributed by atoms with Gasteiger partial charge < -0.3 is 4.90 Å². The topological polar surface area (TPSA) is 3.24 Å². The van der Waals surface area contributed by atoms with Gasteiger partial charge in [0.15, 0.2) is 0 Å². The molecule has 10 rings (SSSR count). The Morgan fingerprint density at radius 2 is 0.737 bits per heavy atom. The Balaban J connectivity index is 1.24. The van der Waals surface area contributed by atoms with Crippen molar-refractivity contribution in [2.75, 3.05) is 4.90 Å². The second kappa shape index (κ2) is 15.0. The van der Waals surface area contributed by atoms with Crippen LogP contribution in [0.1, 0.15) is 0 Å². The SMILES string of the molecule is c1ccc(-c2ccc(-c3ccccc3-c3ccccc3)c(-c3ccccc3N(c3cccc(-c4cccc5ccccc45)c3)c3cccc4ccccc34)c2)cc1. The summed E-state index contributed by atoms with van der Waals surface area (Å²) < 4.78 is 0. The fraction of sp³-hybridized carbons (Fsp3) is 0. The normalized spacial score (nSPS) is 11.2. The van der Waals surface area contributed by atoms with E-state index in [2.05, 4.69) is 241 Å². The third kappa shape index (κ3) is 6.46. The van der Waals surface area contributed by atoms with Gasteiger partial charge in [0.25, 0.3) is 0 Å². The van der Waals surface area contributed by atoms with Gasteiger partial charge in [0, 0.05) is 16.6 Å². The first-order valence-corrected chi connectivity index (χ1v) is 19.6. The average molecular weight is 726 g/mol. The number of benzene rings is 10. The summed E-state index contributed by atoms with van der Waals surface area (Å²) in [7, 11) is 0. The summed E-state index contributed by atoms with van der Waals surface area (Å²) in [6.45, 7) is 0. The van der Waals surface area contributed by atoms with Crippen molar-refractivity contribution in [1.29, 1.82) is 0 Å². The van der Waals surface area contributed by atoms with Crippen LogP contribution in [0.5, 0.6) is 0 Å². The van der Waals surface area contributed by atoms with Crippen LogP contribution in [0.4, 0.5) is 17.1 Å². The van der Waals surface area contributed by atoms with Crippen LogP contribution in [-0.2, 0) is 0 Å². The van der Waals surface area contributed by atoms with Gasteiger partial charge in [-0.1, -0.05) is 206 Å². The lowest BCUT2D eigenvalue weighted by Gasteiger charge is -2.30. The van der Waals surface area contributed by atoms with E-state index in [1.54, 1.807) is 0 Å². The van der Waals surface area contributed by atoms with Gasteiger partial charge in [-0.15, -0.1) is 0 Å². The van der Waals surface area contributed by atoms with Crippen molar-refractivity contribution in [3.8, 4) is 55.6 Å². The summed E-state index contributed by atoms with van der Waals surface area (Å²) in [6, 6.07) is 85.8. The van der Waals surface area contributed by atoms with E-state index in [0.717, 1.165) is 22.6 Å². The first kappa shape index (κ1) is 34.0. The van der Waals surface area contributed by atoms with Crippen molar-refractivity contribution < 1.29 is 0 Å². The van der Waals surface area contributed by atoms with Gasteiger partial charge >= 0.3 is 0 Å². The Bertz CT molecular complexity index is 3010. The van der Waals surface area contributed by atoms with Crippen LogP contribution in [0.15, 0.2) is 237 Å². The lowest BCUT2D eigenvalue weighted by Crippen LogP contribution is -2.12. The van der Waals surface area contributed by atoms with Crippen LogP contribution >= 0.6 is 0 Å². The predicted molar refractivity (Wildman–Crippen MR) is 243 cm³/mol. The fourth-order valence-electron chi connectivity index (χ4n) is 8.40. The zero-order valence-corrected chi connectivity index (χ0v) is 31.5. The molecule has 0 aromatic heterocycles. The van der Waals surface area contributed by atoms with Gasteiger partial charge in [0.2, 0.25) is 0 Å². The van der Waals surface area contributed by atoms with Crippen molar-refractivity contribution in [3.63, 3.8) is 0 Å². The zero-order valence-electron chi connectivity index (χ0n) is 31.5. The molecule has 268 valence electrons. The van der Waals surface area contributed by atoms with Gasteiger partial charge in [0.1, 0.15) is 0 Å². The Kier molecular flexibility index (Phi) is 8.95. The Labute approximate surface area is 334 Å². The number of anilines is 3. The van der Waals surface area contributed by atoms with Crippen molar-refractivity contribution in [2.24, 2.45) is 0 Å². The zero-order chi connectivity index (χ0) is 38.0. The molecule has 1 nitrogen and oxygen atoms in total. The second-order valence-electron chi connectivity index (χ2n) is 14.5. The number of hydrogen-bond donors (Lipinski definition) is 0. The fourth-order valence-corrected chi connectivity index (χ4v) is 8.40. The van der Waals surface area contributed by atoms with E-state index in [1.807, 2.05) is 0 Å². The minimum absolute atomic E-state index is 1.09. The molecule has 57 heavy (non-hydrogen) atoms. The highest BCUT2D eigenvalue weighted by Gasteiger charge is 2.22. The molecule has 1 heteroatoms. The molecule has 0 aliphatic carbocycles. The van der Waals surface area contributed by atoms with Gasteiger partial charge in [-0.25, -0.2) is 0 Å². The van der Waals surface area contributed by atoms with Gasteiger partial charge in [-0.05, 0) is 96.6 Å². The van der Waals surface area contributed by atoms with E-state index in [9.17, 15) is 0 Å². The standard InChI is InChI=1S/C56H39N/c1-3-18-40(19-4-1)44-36-37-52(51-31-12-11-29-48(51)41-20-5-2-6-21-41)54(39-44)53-32-13-14-34-56(53)57(55-35-17-25-43-23-8-10-30-50(43)55)46-27-15-26-45(38-46)49-33-16-24-42-22-7-9-28-47(42)49/h1-39H. The highest BCUT2D eigenvalue weighted by Crippen LogP contribution is 2.48. The minimum atomic E-state index is 1.09. The molecule has 0 saturated heterocycles. The average Bonchev–Trinajstić information content (AvgIpc) is 3.30. The van der Waals surface area contributed by atoms with Crippen molar-refractivity contribution in [2.45, 2.75) is 0 Å². The van der Waals surface area contributed by atoms with E-state index in [0.29, 0.717) is 0 Å². The van der Waals surface area contributed by atoms with E-state index in [1.165, 1.54) is 71.6 Å².